The molecule has 0 aliphatic rings. The van der Waals surface area contributed by atoms with E-state index in [-0.39, 0.29) is 68.7 Å². The molecule has 4 nitrogen and oxygen atoms in total. The molecule has 0 N–H and O–H groups in total. The summed E-state index contributed by atoms with van der Waals surface area (Å²) in [6.07, 6.45) is 14.0. The van der Waals surface area contributed by atoms with Gasteiger partial charge in [0.1, 0.15) is 0 Å². The molecule has 0 aliphatic heterocycles. The van der Waals surface area contributed by atoms with Crippen LogP contribution in [0.2, 0.25) is 0 Å². The fraction of sp³-hybridized carbons (Fsp3) is 0.143. The van der Waals surface area contributed by atoms with Crippen LogP contribution in [0.3, 0.4) is 0 Å². The van der Waals surface area contributed by atoms with Gasteiger partial charge in [-0.05, 0) is 0 Å². The van der Waals surface area contributed by atoms with Gasteiger partial charge in [-0.1, -0.05) is 48.5 Å². The molecule has 0 bridgehead atoms. The Morgan fingerprint density at radius 3 is 0.412 bits per heavy atom. The Morgan fingerprint density at radius 1 is 0.294 bits per heavy atom. The van der Waals surface area contributed by atoms with Crippen molar-refractivity contribution in [3.8, 4) is 0 Å². The summed E-state index contributed by atoms with van der Waals surface area (Å²) in [7, 11) is 0. The van der Waals surface area contributed by atoms with Crippen LogP contribution in [0.15, 0.2) is 98.1 Å². The Kier molecular flexibility index (Phi) is 161. The van der Waals surface area contributed by atoms with Crippen LogP contribution >= 0.6 is 0 Å². The van der Waals surface area contributed by atoms with Crippen molar-refractivity contribution < 1.29 is 39.0 Å². The first-order valence-corrected chi connectivity index (χ1v) is 8.89. The Balaban J connectivity index is -0.0000000244. The molecule has 0 unspecified atom stereocenters. The summed E-state index contributed by atoms with van der Waals surface area (Å²) in [5.74, 6) is 0. The summed E-state index contributed by atoms with van der Waals surface area (Å²) >= 11 is 0. The number of aromatic nitrogens is 4. The van der Waals surface area contributed by atoms with Gasteiger partial charge in [-0.15, -0.1) is 0 Å². The summed E-state index contributed by atoms with van der Waals surface area (Å²) in [5, 5.41) is 0. The van der Waals surface area contributed by atoms with E-state index in [0.717, 1.165) is 0 Å². The monoisotopic (exact) mass is 644 g/mol. The van der Waals surface area contributed by atoms with Crippen molar-refractivity contribution in [2.24, 2.45) is 0 Å². The predicted molar refractivity (Wildman–Crippen MR) is 149 cm³/mol. The Bertz CT molecular complexity index is 359. The van der Waals surface area contributed by atoms with Gasteiger partial charge in [-0.25, -0.2) is 0 Å². The summed E-state index contributed by atoms with van der Waals surface area (Å²) < 4.78 is 0. The fourth-order valence-corrected chi connectivity index (χ4v) is 0.994. The third kappa shape index (κ3) is 77.6. The van der Waals surface area contributed by atoms with Crippen LogP contribution in [-0.4, -0.2) is 0 Å². The molecular formula is C28H48N4Ru2-12. The van der Waals surface area contributed by atoms with E-state index in [1.807, 2.05) is 48.5 Å². The SMILES string of the molecule is [CH2-]C.[CH2-]C.[CH2-]C.[CH2-]C.[CH3-].[CH3-].[CH3-].[CH3-].[Ru].[Ru].c1cc[n-]c1.c1cc[n-]c1.c1cc[n-]c1.c1cc[n-]c1. The molecule has 4 aromatic rings. The molecule has 0 aliphatic carbocycles. The third-order valence-electron chi connectivity index (χ3n) is 1.82. The third-order valence-corrected chi connectivity index (χ3v) is 1.82. The van der Waals surface area contributed by atoms with Gasteiger partial charge >= 0.3 is 0 Å². The average Bonchev–Trinajstić information content (AvgIpc) is 3.66. The minimum Gasteiger partial charge on any atom is -0.670 e. The summed E-state index contributed by atoms with van der Waals surface area (Å²) in [6.45, 7) is 20.0. The predicted octanol–water partition coefficient (Wildman–Crippen LogP) is 7.73. The molecule has 0 saturated carbocycles. The minimum atomic E-state index is 0. The first-order valence-electron chi connectivity index (χ1n) is 8.89. The Labute approximate surface area is 241 Å². The van der Waals surface area contributed by atoms with Crippen LogP contribution < -0.4 is 19.9 Å². The number of hydrogen-bond donors (Lipinski definition) is 0. The maximum Gasteiger partial charge on any atom is 0 e. The molecule has 0 saturated heterocycles. The zero-order valence-electron chi connectivity index (χ0n) is 22.6. The van der Waals surface area contributed by atoms with Crippen molar-refractivity contribution in [3.05, 3.63) is 156 Å². The zero-order valence-corrected chi connectivity index (χ0v) is 26.0. The quantitative estimate of drug-likeness (QED) is 0.146. The second-order valence-corrected chi connectivity index (χ2v) is 3.33. The van der Waals surface area contributed by atoms with Gasteiger partial charge in [0.2, 0.25) is 0 Å². The van der Waals surface area contributed by atoms with E-state index in [9.17, 15) is 0 Å². The van der Waals surface area contributed by atoms with Gasteiger partial charge in [0.25, 0.3) is 0 Å². The van der Waals surface area contributed by atoms with Crippen molar-refractivity contribution >= 4 is 0 Å². The molecule has 0 spiro atoms. The van der Waals surface area contributed by atoms with E-state index < -0.39 is 0 Å². The van der Waals surface area contributed by atoms with Crippen LogP contribution in [0.1, 0.15) is 27.7 Å². The second kappa shape index (κ2) is 85.7. The molecule has 4 rings (SSSR count). The molecule has 0 fully saturated rings. The van der Waals surface area contributed by atoms with E-state index in [0.29, 0.717) is 0 Å². The summed E-state index contributed by atoms with van der Waals surface area (Å²) in [4.78, 5) is 14.9. The second-order valence-electron chi connectivity index (χ2n) is 3.33. The summed E-state index contributed by atoms with van der Waals surface area (Å²) in [5.41, 5.74) is 0. The van der Waals surface area contributed by atoms with E-state index >= 15 is 0 Å². The number of hydrogen-bond acceptors (Lipinski definition) is 0. The van der Waals surface area contributed by atoms with Crippen molar-refractivity contribution in [1.29, 1.82) is 0 Å². The molecule has 0 atom stereocenters. The topological polar surface area (TPSA) is 56.4 Å². The average molecular weight is 643 g/mol. The Hall–Kier alpha value is -1.63. The molecule has 0 amide bonds. The van der Waals surface area contributed by atoms with E-state index in [2.05, 4.69) is 47.6 Å². The smallest absolute Gasteiger partial charge is 0 e. The van der Waals surface area contributed by atoms with Crippen LogP contribution in [0.5, 0.6) is 0 Å². The zero-order chi connectivity index (χ0) is 22.1. The summed E-state index contributed by atoms with van der Waals surface area (Å²) in [6, 6.07) is 15.1. The van der Waals surface area contributed by atoms with Crippen LogP contribution in [0.25, 0.3) is 0 Å². The molecule has 6 heteroatoms. The molecule has 34 heavy (non-hydrogen) atoms. The van der Waals surface area contributed by atoms with Gasteiger partial charge in [-0.2, -0.15) is 77.3 Å². The largest absolute Gasteiger partial charge is 0.670 e. The van der Waals surface area contributed by atoms with Gasteiger partial charge < -0.3 is 77.3 Å². The standard InChI is InChI=1S/4C4H4N.4C2H5.4CH3.2Ru/c4*1-2-4-5-3-1;4*1-2;;;;;;/h4*1-4H;4*1H2,2H3;4*1H3;;/q12*-1;;. The van der Waals surface area contributed by atoms with Crippen molar-refractivity contribution in [3.63, 3.8) is 0 Å². The number of rotatable bonds is 0. The first kappa shape index (κ1) is 63.7. The molecule has 0 aromatic carbocycles. The fourth-order valence-electron chi connectivity index (χ4n) is 0.994. The van der Waals surface area contributed by atoms with Crippen molar-refractivity contribution in [2.75, 3.05) is 0 Å². The van der Waals surface area contributed by atoms with Crippen molar-refractivity contribution in [2.45, 2.75) is 27.7 Å². The van der Waals surface area contributed by atoms with E-state index in [4.69, 9.17) is 0 Å². The molecule has 0 radical (unpaired) electrons. The van der Waals surface area contributed by atoms with Crippen LogP contribution in [0.4, 0.5) is 0 Å². The maximum atomic E-state index is 3.72. The molecule has 208 valence electrons. The first-order chi connectivity index (χ1) is 14.0. The van der Waals surface area contributed by atoms with Gasteiger partial charge in [0.15, 0.2) is 0 Å². The van der Waals surface area contributed by atoms with Gasteiger partial charge in [0.05, 0.1) is 0 Å². The molecular weight excluding hydrogens is 594 g/mol. The number of nitrogens with zero attached hydrogens (tertiary/aromatic N) is 4. The van der Waals surface area contributed by atoms with Crippen LogP contribution in [0, 0.1) is 57.4 Å². The molecule has 4 heterocycles. The van der Waals surface area contributed by atoms with Gasteiger partial charge in [-0.3, -0.25) is 0 Å². The minimum absolute atomic E-state index is 0. The maximum absolute atomic E-state index is 3.72. The molecule has 4 aromatic heterocycles. The Morgan fingerprint density at radius 2 is 0.382 bits per heavy atom. The van der Waals surface area contributed by atoms with Crippen molar-refractivity contribution in [1.82, 2.24) is 19.9 Å². The van der Waals surface area contributed by atoms with Gasteiger partial charge in [0, 0.05) is 39.0 Å². The van der Waals surface area contributed by atoms with Crippen LogP contribution in [-0.2, 0) is 39.0 Å². The van der Waals surface area contributed by atoms with E-state index in [1.54, 1.807) is 77.3 Å². The normalized spacial score (nSPS) is 5.41. The van der Waals surface area contributed by atoms with E-state index in [1.165, 1.54) is 0 Å².